The molecule has 0 saturated heterocycles. The molecule has 1 heterocycles. The van der Waals surface area contributed by atoms with Crippen molar-refractivity contribution in [3.63, 3.8) is 0 Å². The molecular formula is C26H26N4O3. The Balaban J connectivity index is 1.56. The van der Waals surface area contributed by atoms with Crippen molar-refractivity contribution in [3.05, 3.63) is 89.1 Å². The number of primary amides is 1. The van der Waals surface area contributed by atoms with E-state index >= 15 is 0 Å². The smallest absolute Gasteiger partial charge is 0.251 e. The maximum atomic E-state index is 12.4. The molecule has 0 unspecified atom stereocenters. The van der Waals surface area contributed by atoms with E-state index in [-0.39, 0.29) is 5.91 Å². The van der Waals surface area contributed by atoms with Gasteiger partial charge in [-0.1, -0.05) is 42.5 Å². The van der Waals surface area contributed by atoms with Gasteiger partial charge in [-0.15, -0.1) is 0 Å². The minimum Gasteiger partial charge on any atom is -0.383 e. The number of nitrogens with two attached hydrogens (primary N) is 1. The summed E-state index contributed by atoms with van der Waals surface area (Å²) in [4.78, 5) is 24.1. The molecule has 0 aliphatic heterocycles. The zero-order valence-electron chi connectivity index (χ0n) is 18.7. The standard InChI is InChI=1S/C26H26N4O3/c1-17-23-15-20(26(32)28-13-14-33-2)11-12-24(23)30(29-17)16-18-7-9-19(10-8-18)21-5-3-4-6-22(21)25(27)31/h3-12,15H,13-14,16H2,1-2H3,(H2,27,31)(H,28,32). The molecule has 0 saturated carbocycles. The summed E-state index contributed by atoms with van der Waals surface area (Å²) in [6.45, 7) is 3.46. The van der Waals surface area contributed by atoms with Gasteiger partial charge in [0.2, 0.25) is 5.91 Å². The highest BCUT2D eigenvalue weighted by atomic mass is 16.5. The molecule has 1 aromatic heterocycles. The van der Waals surface area contributed by atoms with Gasteiger partial charge >= 0.3 is 0 Å². The molecule has 2 amide bonds. The molecule has 3 N–H and O–H groups in total. The second-order valence-corrected chi connectivity index (χ2v) is 7.83. The van der Waals surface area contributed by atoms with Gasteiger partial charge < -0.3 is 15.8 Å². The van der Waals surface area contributed by atoms with E-state index in [9.17, 15) is 9.59 Å². The summed E-state index contributed by atoms with van der Waals surface area (Å²) >= 11 is 0. The van der Waals surface area contributed by atoms with Gasteiger partial charge in [0.15, 0.2) is 0 Å². The van der Waals surface area contributed by atoms with E-state index in [1.165, 1.54) is 0 Å². The molecule has 0 aliphatic carbocycles. The summed E-state index contributed by atoms with van der Waals surface area (Å²) in [6, 6.07) is 20.9. The fourth-order valence-corrected chi connectivity index (χ4v) is 3.88. The van der Waals surface area contributed by atoms with E-state index < -0.39 is 5.91 Å². The number of rotatable bonds is 8. The van der Waals surface area contributed by atoms with Gasteiger partial charge in [-0.05, 0) is 47.9 Å². The van der Waals surface area contributed by atoms with Crippen LogP contribution in [0.25, 0.3) is 22.0 Å². The fraction of sp³-hybridized carbons (Fsp3) is 0.192. The van der Waals surface area contributed by atoms with E-state index in [0.717, 1.165) is 33.3 Å². The Morgan fingerprint density at radius 1 is 1.06 bits per heavy atom. The van der Waals surface area contributed by atoms with Gasteiger partial charge in [0.1, 0.15) is 0 Å². The van der Waals surface area contributed by atoms with E-state index in [2.05, 4.69) is 10.4 Å². The van der Waals surface area contributed by atoms with Gasteiger partial charge in [0.25, 0.3) is 5.91 Å². The molecule has 0 spiro atoms. The minimum atomic E-state index is -0.445. The van der Waals surface area contributed by atoms with E-state index in [4.69, 9.17) is 10.5 Å². The SMILES string of the molecule is COCCNC(=O)c1ccc2c(c1)c(C)nn2Cc1ccc(-c2ccccc2C(N)=O)cc1. The number of carbonyl (C=O) groups excluding carboxylic acids is 2. The van der Waals surface area contributed by atoms with Crippen molar-refractivity contribution >= 4 is 22.7 Å². The average Bonchev–Trinajstić information content (AvgIpc) is 3.14. The first-order valence-corrected chi connectivity index (χ1v) is 10.7. The largest absolute Gasteiger partial charge is 0.383 e. The van der Waals surface area contributed by atoms with Crippen molar-refractivity contribution < 1.29 is 14.3 Å². The zero-order chi connectivity index (χ0) is 23.4. The van der Waals surface area contributed by atoms with Crippen LogP contribution >= 0.6 is 0 Å². The number of nitrogens with one attached hydrogen (secondary N) is 1. The molecule has 7 heteroatoms. The van der Waals surface area contributed by atoms with Crippen LogP contribution in [0.2, 0.25) is 0 Å². The van der Waals surface area contributed by atoms with Gasteiger partial charge in [0.05, 0.1) is 24.4 Å². The summed E-state index contributed by atoms with van der Waals surface area (Å²) in [6.07, 6.45) is 0. The van der Waals surface area contributed by atoms with Crippen molar-refractivity contribution in [2.24, 2.45) is 5.73 Å². The predicted molar refractivity (Wildman–Crippen MR) is 128 cm³/mol. The summed E-state index contributed by atoms with van der Waals surface area (Å²) in [7, 11) is 1.60. The molecule has 168 valence electrons. The van der Waals surface area contributed by atoms with Gasteiger partial charge in [-0.3, -0.25) is 14.3 Å². The molecule has 0 atom stereocenters. The molecular weight excluding hydrogens is 416 g/mol. The summed E-state index contributed by atoms with van der Waals surface area (Å²) in [5.74, 6) is -0.576. The Hall–Kier alpha value is -3.97. The Morgan fingerprint density at radius 2 is 1.82 bits per heavy atom. The number of carbonyl (C=O) groups is 2. The number of hydrogen-bond acceptors (Lipinski definition) is 4. The highest BCUT2D eigenvalue weighted by Crippen LogP contribution is 2.25. The lowest BCUT2D eigenvalue weighted by molar-refractivity contribution is 0.0936. The Bertz CT molecular complexity index is 1310. The maximum Gasteiger partial charge on any atom is 0.251 e. The quantitative estimate of drug-likeness (QED) is 0.408. The summed E-state index contributed by atoms with van der Waals surface area (Å²) < 4.78 is 6.91. The third kappa shape index (κ3) is 4.78. The number of nitrogens with zero attached hydrogens (tertiary/aromatic N) is 2. The summed E-state index contributed by atoms with van der Waals surface area (Å²) in [5.41, 5.74) is 11.3. The van der Waals surface area contributed by atoms with Crippen LogP contribution in [-0.4, -0.2) is 41.9 Å². The van der Waals surface area contributed by atoms with Gasteiger partial charge in [-0.2, -0.15) is 5.10 Å². The average molecular weight is 443 g/mol. The molecule has 0 fully saturated rings. The van der Waals surface area contributed by atoms with E-state index in [0.29, 0.717) is 30.8 Å². The topological polar surface area (TPSA) is 99.2 Å². The number of hydrogen-bond donors (Lipinski definition) is 2. The third-order valence-electron chi connectivity index (χ3n) is 5.58. The molecule has 33 heavy (non-hydrogen) atoms. The molecule has 0 aliphatic rings. The van der Waals surface area contributed by atoms with E-state index in [1.54, 1.807) is 19.2 Å². The van der Waals surface area contributed by atoms with Crippen LogP contribution in [-0.2, 0) is 11.3 Å². The maximum absolute atomic E-state index is 12.4. The Kier molecular flexibility index (Phi) is 6.51. The molecule has 0 radical (unpaired) electrons. The number of aryl methyl sites for hydroxylation is 1. The first kappa shape index (κ1) is 22.2. The molecule has 7 nitrogen and oxygen atoms in total. The zero-order valence-corrected chi connectivity index (χ0v) is 18.7. The highest BCUT2D eigenvalue weighted by molar-refractivity contribution is 6.00. The van der Waals surface area contributed by atoms with Crippen LogP contribution in [0.1, 0.15) is 32.0 Å². The first-order chi connectivity index (χ1) is 16.0. The van der Waals surface area contributed by atoms with Crippen molar-refractivity contribution in [2.75, 3.05) is 20.3 Å². The number of aromatic nitrogens is 2. The Morgan fingerprint density at radius 3 is 2.55 bits per heavy atom. The monoisotopic (exact) mass is 442 g/mol. The highest BCUT2D eigenvalue weighted by Gasteiger charge is 2.13. The molecule has 0 bridgehead atoms. The van der Waals surface area contributed by atoms with Crippen molar-refractivity contribution in [1.29, 1.82) is 0 Å². The predicted octanol–water partition coefficient (Wildman–Crippen LogP) is 3.54. The van der Waals surface area contributed by atoms with Crippen LogP contribution in [0.5, 0.6) is 0 Å². The molecule has 3 aromatic carbocycles. The lowest BCUT2D eigenvalue weighted by Crippen LogP contribution is -2.26. The van der Waals surface area contributed by atoms with Crippen LogP contribution in [0, 0.1) is 6.92 Å². The number of benzene rings is 3. The van der Waals surface area contributed by atoms with Crippen molar-refractivity contribution in [3.8, 4) is 11.1 Å². The summed E-state index contributed by atoms with van der Waals surface area (Å²) in [5, 5.41) is 8.47. The van der Waals surface area contributed by atoms with Crippen LogP contribution in [0.4, 0.5) is 0 Å². The van der Waals surface area contributed by atoms with Crippen LogP contribution in [0.3, 0.4) is 0 Å². The van der Waals surface area contributed by atoms with Crippen LogP contribution < -0.4 is 11.1 Å². The lowest BCUT2D eigenvalue weighted by Gasteiger charge is -2.09. The minimum absolute atomic E-state index is 0.132. The van der Waals surface area contributed by atoms with Crippen molar-refractivity contribution in [2.45, 2.75) is 13.5 Å². The number of amides is 2. The second kappa shape index (κ2) is 9.67. The van der Waals surface area contributed by atoms with E-state index in [1.807, 2.05) is 66.2 Å². The van der Waals surface area contributed by atoms with Crippen molar-refractivity contribution in [1.82, 2.24) is 15.1 Å². The number of ether oxygens (including phenoxy) is 1. The normalized spacial score (nSPS) is 11.0. The van der Waals surface area contributed by atoms with Gasteiger partial charge in [0, 0.05) is 30.2 Å². The number of methoxy groups -OCH3 is 1. The third-order valence-corrected chi connectivity index (χ3v) is 5.58. The van der Waals surface area contributed by atoms with Crippen LogP contribution in [0.15, 0.2) is 66.7 Å². The second-order valence-electron chi connectivity index (χ2n) is 7.83. The Labute approximate surface area is 192 Å². The molecule has 4 aromatic rings. The fourth-order valence-electron chi connectivity index (χ4n) is 3.88. The lowest BCUT2D eigenvalue weighted by atomic mass is 9.98. The van der Waals surface area contributed by atoms with Gasteiger partial charge in [-0.25, -0.2) is 0 Å². The first-order valence-electron chi connectivity index (χ1n) is 10.7. The molecule has 4 rings (SSSR count). The number of fused-ring (bicyclic) bond motifs is 1.